The van der Waals surface area contributed by atoms with Gasteiger partial charge in [0, 0.05) is 23.7 Å². The molecular weight excluding hydrogens is 292 g/mol. The summed E-state index contributed by atoms with van der Waals surface area (Å²) in [6.07, 6.45) is 4.39. The van der Waals surface area contributed by atoms with E-state index in [1.165, 1.54) is 0 Å². The summed E-state index contributed by atoms with van der Waals surface area (Å²) in [5.74, 6) is -0.0360. The third kappa shape index (κ3) is 2.65. The van der Waals surface area contributed by atoms with Gasteiger partial charge in [-0.25, -0.2) is 4.98 Å². The lowest BCUT2D eigenvalue weighted by molar-refractivity contribution is -0.138. The lowest BCUT2D eigenvalue weighted by Gasteiger charge is -2.07. The molecule has 0 amide bonds. The monoisotopic (exact) mass is 308 g/mol. The fourth-order valence-corrected chi connectivity index (χ4v) is 2.88. The van der Waals surface area contributed by atoms with Crippen LogP contribution in [0.3, 0.4) is 0 Å². The van der Waals surface area contributed by atoms with Crippen LogP contribution in [0.5, 0.6) is 5.75 Å². The number of rotatable bonds is 5. The van der Waals surface area contributed by atoms with Crippen molar-refractivity contribution in [2.24, 2.45) is 11.8 Å². The minimum atomic E-state index is -0.720. The minimum Gasteiger partial charge on any atom is -0.493 e. The van der Waals surface area contributed by atoms with Crippen LogP contribution >= 0.6 is 0 Å². The summed E-state index contributed by atoms with van der Waals surface area (Å²) in [6, 6.07) is 11.9. The molecule has 3 aromatic rings. The molecule has 0 saturated heterocycles. The number of nitrogens with zero attached hydrogens (tertiary/aromatic N) is 1. The van der Waals surface area contributed by atoms with Gasteiger partial charge in [0.2, 0.25) is 0 Å². The Hall–Kier alpha value is -2.82. The first kappa shape index (κ1) is 13.8. The first-order valence-corrected chi connectivity index (χ1v) is 7.60. The van der Waals surface area contributed by atoms with Crippen molar-refractivity contribution in [1.29, 1.82) is 0 Å². The van der Waals surface area contributed by atoms with Crippen LogP contribution in [0.15, 0.2) is 48.8 Å². The van der Waals surface area contributed by atoms with E-state index in [0.29, 0.717) is 6.61 Å². The van der Waals surface area contributed by atoms with E-state index >= 15 is 0 Å². The molecule has 2 aromatic heterocycles. The van der Waals surface area contributed by atoms with Gasteiger partial charge in [0.25, 0.3) is 0 Å². The Morgan fingerprint density at radius 2 is 2.09 bits per heavy atom. The number of fused-ring (bicyclic) bond motifs is 1. The van der Waals surface area contributed by atoms with Crippen molar-refractivity contribution in [2.45, 2.75) is 6.42 Å². The number of aliphatic carboxylic acids is 1. The highest BCUT2D eigenvalue weighted by atomic mass is 16.5. The Balaban J connectivity index is 1.48. The molecule has 2 N–H and O–H groups in total. The standard InChI is InChI=1S/C18H16N2O3/c21-18(22)16-9-12(16)10-23-13-3-1-11(2-4-13)14-5-7-19-17-15(14)6-8-20-17/h1-8,12,16H,9-10H2,(H,19,20)(H,21,22)/t12-,16+/m0/s1. The number of pyridine rings is 1. The Labute approximate surface area is 132 Å². The highest BCUT2D eigenvalue weighted by molar-refractivity contribution is 5.92. The van der Waals surface area contributed by atoms with Crippen molar-refractivity contribution in [1.82, 2.24) is 9.97 Å². The van der Waals surface area contributed by atoms with Gasteiger partial charge >= 0.3 is 5.97 Å². The molecule has 0 bridgehead atoms. The summed E-state index contributed by atoms with van der Waals surface area (Å²) in [5.41, 5.74) is 3.09. The average Bonchev–Trinajstić information content (AvgIpc) is 3.20. The van der Waals surface area contributed by atoms with Gasteiger partial charge in [0.05, 0.1) is 12.5 Å². The van der Waals surface area contributed by atoms with Crippen LogP contribution in [-0.4, -0.2) is 27.7 Å². The zero-order valence-electron chi connectivity index (χ0n) is 12.4. The first-order valence-electron chi connectivity index (χ1n) is 7.60. The molecule has 1 aliphatic rings. The third-order valence-corrected chi connectivity index (χ3v) is 4.33. The van der Waals surface area contributed by atoms with Crippen molar-refractivity contribution >= 4 is 17.0 Å². The largest absolute Gasteiger partial charge is 0.493 e. The maximum absolute atomic E-state index is 10.8. The van der Waals surface area contributed by atoms with Crippen LogP contribution in [0.1, 0.15) is 6.42 Å². The molecule has 116 valence electrons. The number of ether oxygens (including phenoxy) is 1. The molecule has 1 fully saturated rings. The maximum Gasteiger partial charge on any atom is 0.306 e. The second kappa shape index (κ2) is 5.43. The van der Waals surface area contributed by atoms with Crippen molar-refractivity contribution in [2.75, 3.05) is 6.61 Å². The van der Waals surface area contributed by atoms with E-state index in [0.717, 1.165) is 34.3 Å². The molecule has 1 saturated carbocycles. The third-order valence-electron chi connectivity index (χ3n) is 4.33. The van der Waals surface area contributed by atoms with Gasteiger partial charge in [0.1, 0.15) is 11.4 Å². The number of nitrogens with one attached hydrogen (secondary N) is 1. The number of hydrogen-bond donors (Lipinski definition) is 2. The zero-order valence-corrected chi connectivity index (χ0v) is 12.4. The SMILES string of the molecule is O=C(O)[C@@H]1C[C@H]1COc1ccc(-c2ccnc3[nH]ccc23)cc1. The normalized spacial score (nSPS) is 19.7. The van der Waals surface area contributed by atoms with Crippen molar-refractivity contribution in [3.8, 4) is 16.9 Å². The molecule has 0 radical (unpaired) electrons. The van der Waals surface area contributed by atoms with Crippen molar-refractivity contribution in [3.63, 3.8) is 0 Å². The van der Waals surface area contributed by atoms with E-state index in [1.54, 1.807) is 6.20 Å². The van der Waals surface area contributed by atoms with Gasteiger partial charge in [-0.05, 0) is 41.8 Å². The molecule has 5 nitrogen and oxygen atoms in total. The van der Waals surface area contributed by atoms with Gasteiger partial charge in [0.15, 0.2) is 0 Å². The van der Waals surface area contributed by atoms with Crippen LogP contribution in [0.25, 0.3) is 22.2 Å². The highest BCUT2D eigenvalue weighted by Crippen LogP contribution is 2.39. The van der Waals surface area contributed by atoms with E-state index < -0.39 is 5.97 Å². The van der Waals surface area contributed by atoms with E-state index in [1.807, 2.05) is 42.6 Å². The van der Waals surface area contributed by atoms with Crippen LogP contribution in [0.2, 0.25) is 0 Å². The number of aromatic nitrogens is 2. The maximum atomic E-state index is 10.8. The van der Waals surface area contributed by atoms with Gasteiger partial charge in [-0.1, -0.05) is 12.1 Å². The molecule has 0 aliphatic heterocycles. The Kier molecular flexibility index (Phi) is 3.26. The quantitative estimate of drug-likeness (QED) is 0.758. The Bertz CT molecular complexity index is 854. The fraction of sp³-hybridized carbons (Fsp3) is 0.222. The van der Waals surface area contributed by atoms with E-state index in [4.69, 9.17) is 9.84 Å². The molecular formula is C18H16N2O3. The molecule has 1 aliphatic carbocycles. The molecule has 2 heterocycles. The molecule has 0 spiro atoms. The number of H-pyrrole nitrogens is 1. The number of hydrogen-bond acceptors (Lipinski definition) is 3. The second-order valence-corrected chi connectivity index (χ2v) is 5.87. The Morgan fingerprint density at radius 3 is 2.83 bits per heavy atom. The van der Waals surface area contributed by atoms with Crippen LogP contribution in [0, 0.1) is 11.8 Å². The summed E-state index contributed by atoms with van der Waals surface area (Å²) in [6.45, 7) is 0.466. The summed E-state index contributed by atoms with van der Waals surface area (Å²) in [4.78, 5) is 18.2. The number of carbonyl (C=O) groups is 1. The first-order chi connectivity index (χ1) is 11.2. The lowest BCUT2D eigenvalue weighted by Crippen LogP contribution is -2.06. The Morgan fingerprint density at radius 1 is 1.26 bits per heavy atom. The topological polar surface area (TPSA) is 75.2 Å². The number of benzene rings is 1. The van der Waals surface area contributed by atoms with Crippen LogP contribution in [-0.2, 0) is 4.79 Å². The predicted molar refractivity (Wildman–Crippen MR) is 86.3 cm³/mol. The van der Waals surface area contributed by atoms with Gasteiger partial charge in [-0.15, -0.1) is 0 Å². The molecule has 1 aromatic carbocycles. The van der Waals surface area contributed by atoms with Crippen LogP contribution in [0.4, 0.5) is 0 Å². The lowest BCUT2D eigenvalue weighted by atomic mass is 10.0. The van der Waals surface area contributed by atoms with Gasteiger partial charge in [-0.3, -0.25) is 4.79 Å². The molecule has 23 heavy (non-hydrogen) atoms. The van der Waals surface area contributed by atoms with Crippen molar-refractivity contribution in [3.05, 3.63) is 48.8 Å². The summed E-state index contributed by atoms with van der Waals surface area (Å²) >= 11 is 0. The fourth-order valence-electron chi connectivity index (χ4n) is 2.88. The van der Waals surface area contributed by atoms with Crippen LogP contribution < -0.4 is 4.74 Å². The molecule has 0 unspecified atom stereocenters. The average molecular weight is 308 g/mol. The van der Waals surface area contributed by atoms with Crippen molar-refractivity contribution < 1.29 is 14.6 Å². The summed E-state index contributed by atoms with van der Waals surface area (Å²) in [7, 11) is 0. The second-order valence-electron chi connectivity index (χ2n) is 5.87. The van der Waals surface area contributed by atoms with E-state index in [-0.39, 0.29) is 11.8 Å². The summed E-state index contributed by atoms with van der Waals surface area (Å²) in [5, 5.41) is 9.98. The van der Waals surface area contributed by atoms with E-state index in [9.17, 15) is 4.79 Å². The number of carboxylic acids is 1. The van der Waals surface area contributed by atoms with E-state index in [2.05, 4.69) is 9.97 Å². The van der Waals surface area contributed by atoms with Gasteiger partial charge in [-0.2, -0.15) is 0 Å². The zero-order chi connectivity index (χ0) is 15.8. The minimum absolute atomic E-state index is 0.145. The number of carboxylic acid groups (broad SMARTS) is 1. The molecule has 2 atom stereocenters. The smallest absolute Gasteiger partial charge is 0.306 e. The molecule has 4 rings (SSSR count). The molecule has 5 heteroatoms. The highest BCUT2D eigenvalue weighted by Gasteiger charge is 2.43. The van der Waals surface area contributed by atoms with Gasteiger partial charge < -0.3 is 14.8 Å². The summed E-state index contributed by atoms with van der Waals surface area (Å²) < 4.78 is 5.69. The predicted octanol–water partition coefficient (Wildman–Crippen LogP) is 3.33. The number of aromatic amines is 1.